The van der Waals surface area contributed by atoms with Gasteiger partial charge in [-0.3, -0.25) is 4.79 Å². The van der Waals surface area contributed by atoms with Gasteiger partial charge >= 0.3 is 0 Å². The topological polar surface area (TPSA) is 83.0 Å². The molecule has 0 atom stereocenters. The lowest BCUT2D eigenvalue weighted by molar-refractivity contribution is -0.115. The van der Waals surface area contributed by atoms with Gasteiger partial charge in [0.15, 0.2) is 11.0 Å². The van der Waals surface area contributed by atoms with Crippen LogP contribution < -0.4 is 10.5 Å². The highest BCUT2D eigenvalue weighted by Gasteiger charge is 2.11. The predicted octanol–water partition coefficient (Wildman–Crippen LogP) is 2.24. The summed E-state index contributed by atoms with van der Waals surface area (Å²) in [6.07, 6.45) is 0. The van der Waals surface area contributed by atoms with Gasteiger partial charge in [0.1, 0.15) is 12.4 Å². The number of primary amides is 1. The summed E-state index contributed by atoms with van der Waals surface area (Å²) in [5, 5.41) is 9.45. The maximum Gasteiger partial charge on any atom is 0.227 e. The molecule has 8 heteroatoms. The number of nitrogens with zero attached hydrogens (tertiary/aromatic N) is 3. The van der Waals surface area contributed by atoms with Crippen LogP contribution >= 0.6 is 23.4 Å². The summed E-state index contributed by atoms with van der Waals surface area (Å²) in [6.45, 7) is 4.15. The van der Waals surface area contributed by atoms with E-state index in [1.54, 1.807) is 4.57 Å². The Kier molecular flexibility index (Phi) is 5.31. The van der Waals surface area contributed by atoms with Crippen molar-refractivity contribution < 1.29 is 9.53 Å². The van der Waals surface area contributed by atoms with Crippen LogP contribution in [0, 0.1) is 13.8 Å². The van der Waals surface area contributed by atoms with Crippen molar-refractivity contribution in [1.82, 2.24) is 14.8 Å². The van der Waals surface area contributed by atoms with Gasteiger partial charge < -0.3 is 15.0 Å². The minimum Gasteiger partial charge on any atom is -0.486 e. The van der Waals surface area contributed by atoms with E-state index >= 15 is 0 Å². The molecule has 0 bridgehead atoms. The number of carbonyl (C=O) groups excluding carboxylic acids is 1. The second kappa shape index (κ2) is 7.02. The maximum absolute atomic E-state index is 10.8. The second-order valence-corrected chi connectivity index (χ2v) is 6.19. The molecule has 2 rings (SSSR count). The number of carbonyl (C=O) groups is 1. The van der Waals surface area contributed by atoms with Gasteiger partial charge in [-0.25, -0.2) is 0 Å². The molecule has 6 nitrogen and oxygen atoms in total. The van der Waals surface area contributed by atoms with Gasteiger partial charge in [-0.2, -0.15) is 0 Å². The zero-order chi connectivity index (χ0) is 16.3. The van der Waals surface area contributed by atoms with E-state index in [0.717, 1.165) is 21.9 Å². The van der Waals surface area contributed by atoms with Crippen molar-refractivity contribution in [1.29, 1.82) is 0 Å². The number of halogens is 1. The summed E-state index contributed by atoms with van der Waals surface area (Å²) in [6, 6.07) is 3.77. The number of ether oxygens (including phenoxy) is 1. The van der Waals surface area contributed by atoms with Crippen molar-refractivity contribution >= 4 is 29.3 Å². The molecule has 1 aromatic carbocycles. The van der Waals surface area contributed by atoms with E-state index in [1.807, 2.05) is 33.0 Å². The molecule has 0 radical (unpaired) electrons. The quantitative estimate of drug-likeness (QED) is 0.815. The van der Waals surface area contributed by atoms with Gasteiger partial charge in [0.2, 0.25) is 5.91 Å². The number of aryl methyl sites for hydroxylation is 2. The van der Waals surface area contributed by atoms with E-state index in [4.69, 9.17) is 22.1 Å². The average Bonchev–Trinajstić information content (AvgIpc) is 2.80. The Morgan fingerprint density at radius 2 is 2.00 bits per heavy atom. The molecule has 1 heterocycles. The molecule has 0 spiro atoms. The number of benzene rings is 1. The molecular weight excluding hydrogens is 324 g/mol. The fourth-order valence-corrected chi connectivity index (χ4v) is 2.65. The van der Waals surface area contributed by atoms with Crippen LogP contribution in [0.2, 0.25) is 5.02 Å². The van der Waals surface area contributed by atoms with Crippen LogP contribution in [0.1, 0.15) is 17.0 Å². The van der Waals surface area contributed by atoms with Crippen molar-refractivity contribution in [3.63, 3.8) is 0 Å². The van der Waals surface area contributed by atoms with E-state index in [1.165, 1.54) is 11.8 Å². The molecule has 1 aromatic heterocycles. The van der Waals surface area contributed by atoms with Crippen LogP contribution in [0.25, 0.3) is 0 Å². The van der Waals surface area contributed by atoms with E-state index in [9.17, 15) is 4.79 Å². The summed E-state index contributed by atoms with van der Waals surface area (Å²) in [5.74, 6) is 1.17. The predicted molar refractivity (Wildman–Crippen MR) is 86.2 cm³/mol. The van der Waals surface area contributed by atoms with Crippen LogP contribution in [0.4, 0.5) is 0 Å². The van der Waals surface area contributed by atoms with Crippen LogP contribution in [-0.4, -0.2) is 26.4 Å². The molecule has 0 aliphatic heterocycles. The average molecular weight is 341 g/mol. The molecule has 22 heavy (non-hydrogen) atoms. The standard InChI is InChI=1S/C14H17ClN4O2S/c1-8-4-10(5-9(2)13(8)15)21-6-12-17-18-14(19(12)3)22-7-11(16)20/h4-5H,6-7H2,1-3H3,(H2,16,20). The Morgan fingerprint density at radius 1 is 1.36 bits per heavy atom. The van der Waals surface area contributed by atoms with E-state index in [-0.39, 0.29) is 12.4 Å². The third-order valence-corrected chi connectivity index (χ3v) is 4.69. The molecular formula is C14H17ClN4O2S. The first-order valence-electron chi connectivity index (χ1n) is 6.57. The molecule has 2 N–H and O–H groups in total. The Bertz CT molecular complexity index is 679. The van der Waals surface area contributed by atoms with Gasteiger partial charge in [-0.15, -0.1) is 10.2 Å². The first-order chi connectivity index (χ1) is 10.4. The maximum atomic E-state index is 10.8. The van der Waals surface area contributed by atoms with E-state index in [0.29, 0.717) is 11.0 Å². The molecule has 0 saturated carbocycles. The number of thioether (sulfide) groups is 1. The summed E-state index contributed by atoms with van der Waals surface area (Å²) >= 11 is 7.38. The molecule has 2 aromatic rings. The normalized spacial score (nSPS) is 10.7. The summed E-state index contributed by atoms with van der Waals surface area (Å²) in [4.78, 5) is 10.8. The number of hydrogen-bond acceptors (Lipinski definition) is 5. The highest BCUT2D eigenvalue weighted by atomic mass is 35.5. The van der Waals surface area contributed by atoms with Crippen LogP contribution in [-0.2, 0) is 18.4 Å². The number of nitrogens with two attached hydrogens (primary N) is 1. The van der Waals surface area contributed by atoms with Crippen molar-refractivity contribution in [3.05, 3.63) is 34.1 Å². The molecule has 0 unspecified atom stereocenters. The van der Waals surface area contributed by atoms with Crippen molar-refractivity contribution in [2.45, 2.75) is 25.6 Å². The van der Waals surface area contributed by atoms with Crippen LogP contribution in [0.5, 0.6) is 5.75 Å². The molecule has 0 saturated heterocycles. The SMILES string of the molecule is Cc1cc(OCc2nnc(SCC(N)=O)n2C)cc(C)c1Cl. The van der Waals surface area contributed by atoms with Crippen molar-refractivity contribution in [3.8, 4) is 5.75 Å². The molecule has 0 aliphatic rings. The largest absolute Gasteiger partial charge is 0.486 e. The van der Waals surface area contributed by atoms with Gasteiger partial charge in [0.25, 0.3) is 0 Å². The minimum absolute atomic E-state index is 0.169. The summed E-state index contributed by atoms with van der Waals surface area (Å²) in [5.41, 5.74) is 7.05. The lowest BCUT2D eigenvalue weighted by Gasteiger charge is -2.10. The molecule has 0 fully saturated rings. The first-order valence-corrected chi connectivity index (χ1v) is 7.93. The van der Waals surface area contributed by atoms with Gasteiger partial charge in [-0.05, 0) is 37.1 Å². The smallest absolute Gasteiger partial charge is 0.227 e. The third kappa shape index (κ3) is 3.92. The first kappa shape index (κ1) is 16.6. The molecule has 1 amide bonds. The number of aromatic nitrogens is 3. The summed E-state index contributed by atoms with van der Waals surface area (Å²) < 4.78 is 7.53. The molecule has 0 aliphatic carbocycles. The van der Waals surface area contributed by atoms with Gasteiger partial charge in [0, 0.05) is 12.1 Å². The summed E-state index contributed by atoms with van der Waals surface area (Å²) in [7, 11) is 1.82. The minimum atomic E-state index is -0.391. The van der Waals surface area contributed by atoms with E-state index < -0.39 is 5.91 Å². The van der Waals surface area contributed by atoms with E-state index in [2.05, 4.69) is 10.2 Å². The second-order valence-electron chi connectivity index (χ2n) is 4.87. The molecule has 118 valence electrons. The number of rotatable bonds is 6. The zero-order valence-electron chi connectivity index (χ0n) is 12.6. The number of amides is 1. The van der Waals surface area contributed by atoms with Crippen molar-refractivity contribution in [2.24, 2.45) is 12.8 Å². The Morgan fingerprint density at radius 3 is 2.59 bits per heavy atom. The van der Waals surface area contributed by atoms with Gasteiger partial charge in [0.05, 0.1) is 5.75 Å². The van der Waals surface area contributed by atoms with Crippen molar-refractivity contribution in [2.75, 3.05) is 5.75 Å². The Hall–Kier alpha value is -1.73. The fourth-order valence-electron chi connectivity index (χ4n) is 1.87. The lowest BCUT2D eigenvalue weighted by Crippen LogP contribution is -2.13. The fraction of sp³-hybridized carbons (Fsp3) is 0.357. The highest BCUT2D eigenvalue weighted by Crippen LogP contribution is 2.26. The van der Waals surface area contributed by atoms with Crippen LogP contribution in [0.15, 0.2) is 17.3 Å². The zero-order valence-corrected chi connectivity index (χ0v) is 14.2. The van der Waals surface area contributed by atoms with Crippen LogP contribution in [0.3, 0.4) is 0 Å². The highest BCUT2D eigenvalue weighted by molar-refractivity contribution is 7.99. The Balaban J connectivity index is 2.04. The monoisotopic (exact) mass is 340 g/mol. The third-order valence-electron chi connectivity index (χ3n) is 3.05. The number of hydrogen-bond donors (Lipinski definition) is 1. The van der Waals surface area contributed by atoms with Gasteiger partial charge in [-0.1, -0.05) is 23.4 Å². The Labute approximate surface area is 138 Å². The lowest BCUT2D eigenvalue weighted by atomic mass is 10.1.